The zero-order valence-electron chi connectivity index (χ0n) is 14.0. The van der Waals surface area contributed by atoms with E-state index >= 15 is 0 Å². The van der Waals surface area contributed by atoms with Gasteiger partial charge in [0.2, 0.25) is 5.91 Å². The van der Waals surface area contributed by atoms with Crippen molar-refractivity contribution in [2.45, 2.75) is 25.9 Å². The number of carbonyl (C=O) groups is 2. The molecule has 1 aliphatic heterocycles. The van der Waals surface area contributed by atoms with Gasteiger partial charge in [0, 0.05) is 24.2 Å². The number of fused-ring (bicyclic) bond motifs is 1. The van der Waals surface area contributed by atoms with Gasteiger partial charge in [-0.15, -0.1) is 0 Å². The molecule has 25 heavy (non-hydrogen) atoms. The van der Waals surface area contributed by atoms with Crippen LogP contribution in [0.3, 0.4) is 0 Å². The maximum Gasteiger partial charge on any atom is 0.319 e. The molecule has 3 rings (SSSR count). The molecule has 6 heteroatoms. The molecule has 3 amide bonds. The third-order valence-corrected chi connectivity index (χ3v) is 3.95. The Hall–Kier alpha value is -3.02. The minimum absolute atomic E-state index is 0.0454. The van der Waals surface area contributed by atoms with Gasteiger partial charge in [0.1, 0.15) is 11.9 Å². The Bertz CT molecular complexity index is 734. The van der Waals surface area contributed by atoms with Crippen LogP contribution in [0.1, 0.15) is 18.9 Å². The maximum absolute atomic E-state index is 12.0. The Morgan fingerprint density at radius 2 is 1.72 bits per heavy atom. The van der Waals surface area contributed by atoms with E-state index in [1.54, 1.807) is 31.2 Å². The third kappa shape index (κ3) is 4.50. The summed E-state index contributed by atoms with van der Waals surface area (Å²) in [6, 6.07) is 14.6. The van der Waals surface area contributed by atoms with E-state index in [2.05, 4.69) is 16.0 Å². The summed E-state index contributed by atoms with van der Waals surface area (Å²) < 4.78 is 5.79. The molecule has 1 aliphatic rings. The van der Waals surface area contributed by atoms with Gasteiger partial charge >= 0.3 is 6.03 Å². The molecule has 0 aromatic heterocycles. The van der Waals surface area contributed by atoms with Crippen molar-refractivity contribution in [1.82, 2.24) is 5.32 Å². The monoisotopic (exact) mass is 339 g/mol. The summed E-state index contributed by atoms with van der Waals surface area (Å²) in [5.74, 6) is 0.843. The van der Waals surface area contributed by atoms with E-state index in [9.17, 15) is 9.59 Å². The van der Waals surface area contributed by atoms with Gasteiger partial charge in [-0.05, 0) is 35.9 Å². The quantitative estimate of drug-likeness (QED) is 0.783. The van der Waals surface area contributed by atoms with Crippen molar-refractivity contribution in [3.63, 3.8) is 0 Å². The Morgan fingerprint density at radius 1 is 1.04 bits per heavy atom. The highest BCUT2D eigenvalue weighted by atomic mass is 16.5. The lowest BCUT2D eigenvalue weighted by Gasteiger charge is -2.13. The summed E-state index contributed by atoms with van der Waals surface area (Å²) in [5.41, 5.74) is 2.52. The van der Waals surface area contributed by atoms with Gasteiger partial charge in [0.05, 0.1) is 6.54 Å². The first-order valence-electron chi connectivity index (χ1n) is 8.33. The van der Waals surface area contributed by atoms with Crippen molar-refractivity contribution in [3.05, 3.63) is 54.1 Å². The fraction of sp³-hybridized carbons (Fsp3) is 0.263. The average molecular weight is 339 g/mol. The van der Waals surface area contributed by atoms with Gasteiger partial charge in [0.25, 0.3) is 0 Å². The highest BCUT2D eigenvalue weighted by Crippen LogP contribution is 2.27. The molecule has 0 fully saturated rings. The molecule has 1 atom stereocenters. The van der Waals surface area contributed by atoms with Gasteiger partial charge in [0.15, 0.2) is 0 Å². The van der Waals surface area contributed by atoms with Crippen molar-refractivity contribution in [2.24, 2.45) is 0 Å². The molecular weight excluding hydrogens is 318 g/mol. The van der Waals surface area contributed by atoms with Gasteiger partial charge in [-0.3, -0.25) is 4.79 Å². The van der Waals surface area contributed by atoms with Crippen LogP contribution in [0.25, 0.3) is 0 Å². The molecule has 2 aromatic rings. The fourth-order valence-corrected chi connectivity index (χ4v) is 2.64. The summed E-state index contributed by atoms with van der Waals surface area (Å²) in [5, 5.41) is 8.34. The number of rotatable bonds is 5. The lowest BCUT2D eigenvalue weighted by Crippen LogP contribution is -2.37. The van der Waals surface area contributed by atoms with Crippen LogP contribution in [0, 0.1) is 0 Å². The predicted molar refractivity (Wildman–Crippen MR) is 96.9 cm³/mol. The van der Waals surface area contributed by atoms with E-state index in [0.29, 0.717) is 24.3 Å². The minimum atomic E-state index is -0.287. The molecule has 1 heterocycles. The molecule has 0 aliphatic carbocycles. The summed E-state index contributed by atoms with van der Waals surface area (Å²) in [6.45, 7) is 2.23. The molecular formula is C19H21N3O3. The van der Waals surface area contributed by atoms with E-state index in [-0.39, 0.29) is 18.0 Å². The topological polar surface area (TPSA) is 79.5 Å². The SMILES string of the molecule is CCC(=O)Nc1ccc(NC(=O)NCC2Cc3ccccc3O2)cc1. The molecule has 2 aromatic carbocycles. The zero-order chi connectivity index (χ0) is 17.6. The van der Waals surface area contributed by atoms with Crippen molar-refractivity contribution in [3.8, 4) is 5.75 Å². The van der Waals surface area contributed by atoms with E-state index in [0.717, 1.165) is 12.2 Å². The molecule has 130 valence electrons. The fourth-order valence-electron chi connectivity index (χ4n) is 2.64. The molecule has 0 saturated heterocycles. The Morgan fingerprint density at radius 3 is 2.40 bits per heavy atom. The Kier molecular flexibility index (Phi) is 5.18. The van der Waals surface area contributed by atoms with Crippen LogP contribution >= 0.6 is 0 Å². The molecule has 6 nitrogen and oxygen atoms in total. The summed E-state index contributed by atoms with van der Waals surface area (Å²) in [6.07, 6.45) is 1.17. The van der Waals surface area contributed by atoms with Crippen LogP contribution in [0.2, 0.25) is 0 Å². The lowest BCUT2D eigenvalue weighted by atomic mass is 10.1. The third-order valence-electron chi connectivity index (χ3n) is 3.95. The molecule has 3 N–H and O–H groups in total. The summed E-state index contributed by atoms with van der Waals surface area (Å²) >= 11 is 0. The van der Waals surface area contributed by atoms with E-state index in [1.807, 2.05) is 24.3 Å². The van der Waals surface area contributed by atoms with Crippen LogP contribution in [0.4, 0.5) is 16.2 Å². The molecule has 0 spiro atoms. The van der Waals surface area contributed by atoms with Gasteiger partial charge in [-0.25, -0.2) is 4.79 Å². The second kappa shape index (κ2) is 7.70. The highest BCUT2D eigenvalue weighted by molar-refractivity contribution is 5.92. The Labute approximate surface area is 146 Å². The highest BCUT2D eigenvalue weighted by Gasteiger charge is 2.22. The number of benzene rings is 2. The molecule has 0 saturated carbocycles. The first-order valence-corrected chi connectivity index (χ1v) is 8.33. The number of ether oxygens (including phenoxy) is 1. The summed E-state index contributed by atoms with van der Waals surface area (Å²) in [7, 11) is 0. The van der Waals surface area contributed by atoms with Gasteiger partial charge < -0.3 is 20.7 Å². The van der Waals surface area contributed by atoms with E-state index in [1.165, 1.54) is 5.56 Å². The van der Waals surface area contributed by atoms with Crippen LogP contribution in [0.15, 0.2) is 48.5 Å². The second-order valence-corrected chi connectivity index (χ2v) is 5.87. The van der Waals surface area contributed by atoms with Crippen molar-refractivity contribution >= 4 is 23.3 Å². The van der Waals surface area contributed by atoms with Crippen molar-refractivity contribution in [1.29, 1.82) is 0 Å². The number of para-hydroxylation sites is 1. The average Bonchev–Trinajstić information content (AvgIpc) is 3.04. The number of amides is 3. The minimum Gasteiger partial charge on any atom is -0.488 e. The lowest BCUT2D eigenvalue weighted by molar-refractivity contribution is -0.115. The van der Waals surface area contributed by atoms with Gasteiger partial charge in [-0.1, -0.05) is 25.1 Å². The smallest absolute Gasteiger partial charge is 0.319 e. The largest absolute Gasteiger partial charge is 0.488 e. The number of anilines is 2. The molecule has 1 unspecified atom stereocenters. The Balaban J connectivity index is 1.44. The zero-order valence-corrected chi connectivity index (χ0v) is 14.0. The standard InChI is InChI=1S/C19H21N3O3/c1-2-18(23)21-14-7-9-15(10-8-14)22-19(24)20-12-16-11-13-5-3-4-6-17(13)25-16/h3-10,16H,2,11-12H2,1H3,(H,21,23)(H2,20,22,24). The van der Waals surface area contributed by atoms with Crippen LogP contribution in [-0.2, 0) is 11.2 Å². The van der Waals surface area contributed by atoms with E-state index in [4.69, 9.17) is 4.74 Å². The summed E-state index contributed by atoms with van der Waals surface area (Å²) in [4.78, 5) is 23.3. The maximum atomic E-state index is 12.0. The molecule has 0 radical (unpaired) electrons. The number of nitrogens with one attached hydrogen (secondary N) is 3. The first kappa shape index (κ1) is 16.8. The van der Waals surface area contributed by atoms with Crippen LogP contribution in [0.5, 0.6) is 5.75 Å². The van der Waals surface area contributed by atoms with Crippen molar-refractivity contribution in [2.75, 3.05) is 17.2 Å². The number of hydrogen-bond acceptors (Lipinski definition) is 3. The first-order chi connectivity index (χ1) is 12.1. The van der Waals surface area contributed by atoms with E-state index < -0.39 is 0 Å². The number of carbonyl (C=O) groups excluding carboxylic acids is 2. The normalized spacial score (nSPS) is 15.0. The van der Waals surface area contributed by atoms with Gasteiger partial charge in [-0.2, -0.15) is 0 Å². The number of hydrogen-bond donors (Lipinski definition) is 3. The predicted octanol–water partition coefficient (Wildman–Crippen LogP) is 3.16. The number of urea groups is 1. The van der Waals surface area contributed by atoms with Crippen molar-refractivity contribution < 1.29 is 14.3 Å². The van der Waals surface area contributed by atoms with Crippen LogP contribution in [-0.4, -0.2) is 24.6 Å². The second-order valence-electron chi connectivity index (χ2n) is 5.87. The molecule has 0 bridgehead atoms. The van der Waals surface area contributed by atoms with Crippen LogP contribution < -0.4 is 20.7 Å².